The summed E-state index contributed by atoms with van der Waals surface area (Å²) in [4.78, 5) is 5.39. The van der Waals surface area contributed by atoms with Gasteiger partial charge >= 0.3 is 0 Å². The van der Waals surface area contributed by atoms with Crippen LogP contribution < -0.4 is 4.72 Å². The number of aromatic amines is 1. The second-order valence-electron chi connectivity index (χ2n) is 4.01. The third kappa shape index (κ3) is 2.60. The highest BCUT2D eigenvalue weighted by atomic mass is 32.2. The minimum atomic E-state index is -3.56. The topological polar surface area (TPSA) is 87.7 Å². The zero-order valence-electron chi connectivity index (χ0n) is 10.3. The first kappa shape index (κ1) is 13.2. The number of thiazole rings is 1. The Morgan fingerprint density at radius 3 is 2.61 bits per heavy atom. The van der Waals surface area contributed by atoms with E-state index < -0.39 is 10.0 Å². The lowest BCUT2D eigenvalue weighted by molar-refractivity contribution is 0.566. The molecule has 0 aliphatic rings. The molecular weight excluding hydrogens is 272 g/mol. The summed E-state index contributed by atoms with van der Waals surface area (Å²) in [5.41, 5.74) is 0.519. The Labute approximate surface area is 110 Å². The Bertz CT molecular complexity index is 644. The zero-order valence-corrected chi connectivity index (χ0v) is 11.9. The first-order valence-corrected chi connectivity index (χ1v) is 7.65. The molecule has 0 saturated carbocycles. The van der Waals surface area contributed by atoms with E-state index in [1.807, 2.05) is 6.92 Å². The Hall–Kier alpha value is -1.25. The number of nitrogens with one attached hydrogen (secondary N) is 2. The summed E-state index contributed by atoms with van der Waals surface area (Å²) in [6.07, 6.45) is 3.03. The highest BCUT2D eigenvalue weighted by molar-refractivity contribution is 7.89. The van der Waals surface area contributed by atoms with Crippen LogP contribution in [0.4, 0.5) is 0 Å². The number of hydrogen-bond acceptors (Lipinski definition) is 5. The number of sulfonamides is 1. The summed E-state index contributed by atoms with van der Waals surface area (Å²) in [7, 11) is -3.56. The fourth-order valence-corrected chi connectivity index (χ4v) is 3.72. The molecule has 2 aromatic rings. The SMILES string of the molecule is Cc1cnc(C(C)NS(=O)(=O)c2cn[nH]c2C)s1. The van der Waals surface area contributed by atoms with E-state index in [2.05, 4.69) is 19.9 Å². The van der Waals surface area contributed by atoms with Crippen LogP contribution in [0.1, 0.15) is 28.5 Å². The Morgan fingerprint density at radius 2 is 2.11 bits per heavy atom. The minimum Gasteiger partial charge on any atom is -0.281 e. The van der Waals surface area contributed by atoms with Crippen LogP contribution in [-0.2, 0) is 10.0 Å². The maximum Gasteiger partial charge on any atom is 0.244 e. The summed E-state index contributed by atoms with van der Waals surface area (Å²) >= 11 is 1.48. The number of aromatic nitrogens is 3. The zero-order chi connectivity index (χ0) is 13.3. The Kier molecular flexibility index (Phi) is 3.51. The van der Waals surface area contributed by atoms with Gasteiger partial charge < -0.3 is 0 Å². The van der Waals surface area contributed by atoms with Crippen LogP contribution in [0.2, 0.25) is 0 Å². The lowest BCUT2D eigenvalue weighted by atomic mass is 10.4. The molecule has 98 valence electrons. The van der Waals surface area contributed by atoms with Crippen LogP contribution in [-0.4, -0.2) is 23.6 Å². The third-order valence-corrected chi connectivity index (χ3v) is 5.16. The molecule has 2 heterocycles. The summed E-state index contributed by atoms with van der Waals surface area (Å²) in [6, 6.07) is -0.358. The van der Waals surface area contributed by atoms with E-state index in [9.17, 15) is 8.42 Å². The van der Waals surface area contributed by atoms with Gasteiger partial charge in [0.1, 0.15) is 9.90 Å². The van der Waals surface area contributed by atoms with Gasteiger partial charge in [-0.2, -0.15) is 5.10 Å². The highest BCUT2D eigenvalue weighted by Crippen LogP contribution is 2.21. The first-order chi connectivity index (χ1) is 8.40. The van der Waals surface area contributed by atoms with Crippen molar-refractivity contribution in [1.82, 2.24) is 19.9 Å². The van der Waals surface area contributed by atoms with Crippen molar-refractivity contribution < 1.29 is 8.42 Å². The van der Waals surface area contributed by atoms with E-state index in [1.165, 1.54) is 17.5 Å². The fraction of sp³-hybridized carbons (Fsp3) is 0.400. The van der Waals surface area contributed by atoms with E-state index in [4.69, 9.17) is 0 Å². The smallest absolute Gasteiger partial charge is 0.244 e. The minimum absolute atomic E-state index is 0.169. The van der Waals surface area contributed by atoms with Crippen molar-refractivity contribution in [2.24, 2.45) is 0 Å². The molecule has 8 heteroatoms. The standard InChI is InChI=1S/C10H14N4O2S2/c1-6-4-11-10(17-6)8(3)14-18(15,16)9-5-12-13-7(9)2/h4-5,8,14H,1-3H3,(H,12,13). The molecule has 1 unspecified atom stereocenters. The summed E-state index contributed by atoms with van der Waals surface area (Å²) < 4.78 is 26.8. The molecule has 2 rings (SSSR count). The van der Waals surface area contributed by atoms with E-state index in [0.29, 0.717) is 5.69 Å². The molecule has 0 saturated heterocycles. The summed E-state index contributed by atoms with van der Waals surface area (Å²) in [5.74, 6) is 0. The van der Waals surface area contributed by atoms with Crippen molar-refractivity contribution in [1.29, 1.82) is 0 Å². The van der Waals surface area contributed by atoms with Crippen LogP contribution in [0.25, 0.3) is 0 Å². The van der Waals surface area contributed by atoms with E-state index in [0.717, 1.165) is 9.88 Å². The predicted octanol–water partition coefficient (Wildman–Crippen LogP) is 1.52. The predicted molar refractivity (Wildman–Crippen MR) is 68.9 cm³/mol. The van der Waals surface area contributed by atoms with Gasteiger partial charge in [-0.25, -0.2) is 18.1 Å². The van der Waals surface area contributed by atoms with Gasteiger partial charge in [-0.15, -0.1) is 11.3 Å². The van der Waals surface area contributed by atoms with Gasteiger partial charge in [0, 0.05) is 11.1 Å². The third-order valence-electron chi connectivity index (χ3n) is 2.41. The van der Waals surface area contributed by atoms with Crippen molar-refractivity contribution in [2.75, 3.05) is 0 Å². The summed E-state index contributed by atoms with van der Waals surface area (Å²) in [6.45, 7) is 5.37. The highest BCUT2D eigenvalue weighted by Gasteiger charge is 2.22. The van der Waals surface area contributed by atoms with Crippen molar-refractivity contribution in [2.45, 2.75) is 31.7 Å². The van der Waals surface area contributed by atoms with Crippen LogP contribution in [0, 0.1) is 13.8 Å². The van der Waals surface area contributed by atoms with Gasteiger partial charge in [-0.1, -0.05) is 0 Å². The van der Waals surface area contributed by atoms with Crippen LogP contribution in [0.3, 0.4) is 0 Å². The van der Waals surface area contributed by atoms with Crippen molar-refractivity contribution in [3.8, 4) is 0 Å². The van der Waals surface area contributed by atoms with E-state index in [1.54, 1.807) is 20.0 Å². The molecule has 0 fully saturated rings. The van der Waals surface area contributed by atoms with Crippen molar-refractivity contribution >= 4 is 21.4 Å². The maximum atomic E-state index is 12.1. The van der Waals surface area contributed by atoms with Gasteiger partial charge in [0.15, 0.2) is 0 Å². The second-order valence-corrected chi connectivity index (χ2v) is 6.96. The van der Waals surface area contributed by atoms with Gasteiger partial charge in [0.25, 0.3) is 0 Å². The average molecular weight is 286 g/mol. The molecule has 0 aromatic carbocycles. The molecule has 2 N–H and O–H groups in total. The number of nitrogens with zero attached hydrogens (tertiary/aromatic N) is 2. The largest absolute Gasteiger partial charge is 0.281 e. The lowest BCUT2D eigenvalue weighted by Crippen LogP contribution is -2.27. The average Bonchev–Trinajstić information content (AvgIpc) is 2.86. The molecule has 0 amide bonds. The number of rotatable bonds is 4. The second kappa shape index (κ2) is 4.79. The molecule has 1 atom stereocenters. The molecule has 0 spiro atoms. The Balaban J connectivity index is 2.21. The van der Waals surface area contributed by atoms with Crippen LogP contribution in [0.5, 0.6) is 0 Å². The molecule has 0 bridgehead atoms. The molecule has 0 aliphatic heterocycles. The first-order valence-electron chi connectivity index (χ1n) is 5.35. The molecule has 18 heavy (non-hydrogen) atoms. The van der Waals surface area contributed by atoms with E-state index in [-0.39, 0.29) is 10.9 Å². The van der Waals surface area contributed by atoms with Gasteiger partial charge in [0.2, 0.25) is 10.0 Å². The Morgan fingerprint density at radius 1 is 1.39 bits per heavy atom. The van der Waals surface area contributed by atoms with Gasteiger partial charge in [-0.3, -0.25) is 5.10 Å². The van der Waals surface area contributed by atoms with E-state index >= 15 is 0 Å². The molecule has 2 aromatic heterocycles. The maximum absolute atomic E-state index is 12.1. The quantitative estimate of drug-likeness (QED) is 0.892. The lowest BCUT2D eigenvalue weighted by Gasteiger charge is -2.11. The van der Waals surface area contributed by atoms with Crippen LogP contribution >= 0.6 is 11.3 Å². The summed E-state index contributed by atoms with van der Waals surface area (Å²) in [5, 5.41) is 7.07. The number of hydrogen-bond donors (Lipinski definition) is 2. The monoisotopic (exact) mass is 286 g/mol. The van der Waals surface area contributed by atoms with Crippen LogP contribution in [0.15, 0.2) is 17.3 Å². The molecule has 0 aliphatic carbocycles. The number of H-pyrrole nitrogens is 1. The van der Waals surface area contributed by atoms with Gasteiger partial charge in [-0.05, 0) is 20.8 Å². The number of aryl methyl sites for hydroxylation is 2. The van der Waals surface area contributed by atoms with Gasteiger partial charge in [0.05, 0.1) is 17.9 Å². The fourth-order valence-electron chi connectivity index (χ4n) is 1.53. The molecule has 0 radical (unpaired) electrons. The molecule has 6 nitrogen and oxygen atoms in total. The van der Waals surface area contributed by atoms with Crippen molar-refractivity contribution in [3.05, 3.63) is 28.0 Å². The normalized spacial score (nSPS) is 13.7. The van der Waals surface area contributed by atoms with Crippen molar-refractivity contribution in [3.63, 3.8) is 0 Å². The molecular formula is C10H14N4O2S2.